The van der Waals surface area contributed by atoms with Crippen molar-refractivity contribution in [3.63, 3.8) is 0 Å². The molecule has 0 aliphatic carbocycles. The van der Waals surface area contributed by atoms with E-state index in [1.807, 2.05) is 24.4 Å². The lowest BCUT2D eigenvalue weighted by atomic mass is 10.1. The van der Waals surface area contributed by atoms with Gasteiger partial charge in [0.1, 0.15) is 11.5 Å². The first-order valence-electron chi connectivity index (χ1n) is 11.3. The fourth-order valence-corrected chi connectivity index (χ4v) is 4.21. The molecular weight excluding hydrogens is 424 g/mol. The molecule has 0 atom stereocenters. The van der Waals surface area contributed by atoms with Crippen molar-refractivity contribution in [2.24, 2.45) is 0 Å². The summed E-state index contributed by atoms with van der Waals surface area (Å²) in [5.74, 6) is 1.58. The van der Waals surface area contributed by atoms with Crippen LogP contribution in [0.3, 0.4) is 0 Å². The highest BCUT2D eigenvalue weighted by molar-refractivity contribution is 5.76. The summed E-state index contributed by atoms with van der Waals surface area (Å²) in [7, 11) is 1.60. The number of rotatable bonds is 7. The zero-order valence-electron chi connectivity index (χ0n) is 18.7. The van der Waals surface area contributed by atoms with Crippen molar-refractivity contribution in [3.8, 4) is 11.5 Å². The van der Waals surface area contributed by atoms with Gasteiger partial charge in [-0.3, -0.25) is 9.78 Å². The fraction of sp³-hybridized carbons (Fsp3) is 0.458. The Bertz CT molecular complexity index is 1170. The van der Waals surface area contributed by atoms with Crippen LogP contribution in [0.4, 0.5) is 0 Å². The zero-order chi connectivity index (χ0) is 22.6. The first-order valence-corrected chi connectivity index (χ1v) is 11.3. The number of nitrogens with zero attached hydrogens (tertiary/aromatic N) is 3. The van der Waals surface area contributed by atoms with Gasteiger partial charge in [0.25, 0.3) is 5.56 Å². The minimum Gasteiger partial charge on any atom is -0.497 e. The zero-order valence-corrected chi connectivity index (χ0v) is 18.7. The van der Waals surface area contributed by atoms with Gasteiger partial charge in [0, 0.05) is 25.6 Å². The Hall–Kier alpha value is -3.01. The van der Waals surface area contributed by atoms with E-state index >= 15 is 0 Å². The van der Waals surface area contributed by atoms with Crippen LogP contribution in [0.5, 0.6) is 11.5 Å². The number of hydrogen-bond donors (Lipinski definition) is 1. The summed E-state index contributed by atoms with van der Waals surface area (Å²) in [6, 6.07) is 7.70. The van der Waals surface area contributed by atoms with Gasteiger partial charge in [-0.25, -0.2) is 4.98 Å². The highest BCUT2D eigenvalue weighted by atomic mass is 16.7. The lowest BCUT2D eigenvalue weighted by Gasteiger charge is -2.30. The van der Waals surface area contributed by atoms with Gasteiger partial charge >= 0.3 is 0 Å². The van der Waals surface area contributed by atoms with Crippen LogP contribution >= 0.6 is 0 Å². The summed E-state index contributed by atoms with van der Waals surface area (Å²) in [5.41, 5.74) is 3.53. The quantitative estimate of drug-likeness (QED) is 0.582. The average Bonchev–Trinajstić information content (AvgIpc) is 2.87. The van der Waals surface area contributed by atoms with Gasteiger partial charge < -0.3 is 28.8 Å². The third kappa shape index (κ3) is 5.00. The summed E-state index contributed by atoms with van der Waals surface area (Å²) in [4.78, 5) is 21.1. The summed E-state index contributed by atoms with van der Waals surface area (Å²) in [6.45, 7) is 2.96. The highest BCUT2D eigenvalue weighted by Gasteiger charge is 2.22. The fourth-order valence-electron chi connectivity index (χ4n) is 4.21. The van der Waals surface area contributed by atoms with Crippen LogP contribution < -0.4 is 20.3 Å². The van der Waals surface area contributed by atoms with E-state index in [1.165, 1.54) is 11.8 Å². The second kappa shape index (κ2) is 9.86. The van der Waals surface area contributed by atoms with Crippen molar-refractivity contribution in [1.82, 2.24) is 19.9 Å². The Morgan fingerprint density at radius 3 is 2.91 bits per heavy atom. The maximum atomic E-state index is 12.4. The van der Waals surface area contributed by atoms with E-state index in [1.54, 1.807) is 11.7 Å². The van der Waals surface area contributed by atoms with Gasteiger partial charge in [0.15, 0.2) is 6.29 Å². The number of pyridine rings is 1. The Kier molecular flexibility index (Phi) is 6.52. The molecule has 5 rings (SSSR count). The third-order valence-corrected chi connectivity index (χ3v) is 6.03. The molecule has 0 amide bonds. The summed E-state index contributed by atoms with van der Waals surface area (Å²) in [6.07, 6.45) is 5.45. The van der Waals surface area contributed by atoms with Gasteiger partial charge in [-0.15, -0.1) is 0 Å². The number of nitrogens with one attached hydrogen (secondary N) is 1. The molecule has 0 radical (unpaired) electrons. The van der Waals surface area contributed by atoms with Crippen LogP contribution in [-0.2, 0) is 29.0 Å². The number of aromatic nitrogens is 3. The normalized spacial score (nSPS) is 20.3. The predicted octanol–water partition coefficient (Wildman–Crippen LogP) is 2.05. The van der Waals surface area contributed by atoms with Gasteiger partial charge in [0.2, 0.25) is 0 Å². The number of fused-ring (bicyclic) bond motifs is 2. The van der Waals surface area contributed by atoms with Crippen molar-refractivity contribution < 1.29 is 18.9 Å². The topological polar surface area (TPSA) is 96.7 Å². The molecule has 0 spiro atoms. The molecule has 3 aromatic rings. The molecule has 0 unspecified atom stereocenters. The molecule has 9 heteroatoms. The molecule has 2 aliphatic heterocycles. The van der Waals surface area contributed by atoms with Crippen LogP contribution in [0.1, 0.15) is 24.1 Å². The van der Waals surface area contributed by atoms with Crippen LogP contribution in [0.2, 0.25) is 0 Å². The van der Waals surface area contributed by atoms with Crippen LogP contribution in [-0.4, -0.2) is 53.8 Å². The monoisotopic (exact) mass is 452 g/mol. The van der Waals surface area contributed by atoms with Crippen molar-refractivity contribution in [2.45, 2.75) is 44.7 Å². The van der Waals surface area contributed by atoms with Crippen LogP contribution in [0.25, 0.3) is 11.0 Å². The average molecular weight is 453 g/mol. The van der Waals surface area contributed by atoms with E-state index in [-0.39, 0.29) is 17.9 Å². The maximum Gasteiger partial charge on any atom is 0.269 e. The molecule has 1 aromatic carbocycles. The van der Waals surface area contributed by atoms with Gasteiger partial charge in [-0.1, -0.05) is 0 Å². The van der Waals surface area contributed by atoms with E-state index in [2.05, 4.69) is 21.4 Å². The number of methoxy groups -OCH3 is 1. The van der Waals surface area contributed by atoms with E-state index in [9.17, 15) is 4.79 Å². The summed E-state index contributed by atoms with van der Waals surface area (Å²) < 4.78 is 24.4. The minimum atomic E-state index is -0.359. The Morgan fingerprint density at radius 2 is 2.06 bits per heavy atom. The van der Waals surface area contributed by atoms with Crippen molar-refractivity contribution in [2.75, 3.05) is 26.9 Å². The largest absolute Gasteiger partial charge is 0.497 e. The van der Waals surface area contributed by atoms with E-state index in [0.717, 1.165) is 41.9 Å². The van der Waals surface area contributed by atoms with Gasteiger partial charge in [-0.2, -0.15) is 0 Å². The molecule has 9 nitrogen and oxygen atoms in total. The Labute approximate surface area is 191 Å². The van der Waals surface area contributed by atoms with Crippen molar-refractivity contribution in [3.05, 3.63) is 58.3 Å². The van der Waals surface area contributed by atoms with Gasteiger partial charge in [0.05, 0.1) is 62.1 Å². The first-order chi connectivity index (χ1) is 16.2. The second-order valence-electron chi connectivity index (χ2n) is 8.30. The number of ether oxygens (including phenoxy) is 4. The van der Waals surface area contributed by atoms with Gasteiger partial charge in [-0.05, 0) is 36.6 Å². The van der Waals surface area contributed by atoms with E-state index in [4.69, 9.17) is 18.9 Å². The van der Waals surface area contributed by atoms with Crippen molar-refractivity contribution >= 4 is 11.0 Å². The second-order valence-corrected chi connectivity index (χ2v) is 8.30. The smallest absolute Gasteiger partial charge is 0.269 e. The molecule has 1 saturated heterocycles. The van der Waals surface area contributed by atoms with Crippen molar-refractivity contribution in [1.29, 1.82) is 0 Å². The maximum absolute atomic E-state index is 12.4. The highest BCUT2D eigenvalue weighted by Crippen LogP contribution is 2.24. The minimum absolute atomic E-state index is 0.0871. The molecule has 0 saturated carbocycles. The van der Waals surface area contributed by atoms with E-state index < -0.39 is 0 Å². The molecule has 174 valence electrons. The molecule has 1 N–H and O–H groups in total. The first kappa shape index (κ1) is 21.8. The Morgan fingerprint density at radius 1 is 1.18 bits per heavy atom. The Balaban J connectivity index is 1.13. The lowest BCUT2D eigenvalue weighted by molar-refractivity contribution is -0.193. The van der Waals surface area contributed by atoms with Crippen LogP contribution in [0, 0.1) is 0 Å². The number of benzene rings is 1. The summed E-state index contributed by atoms with van der Waals surface area (Å²) in [5, 5.41) is 3.45. The molecule has 2 aromatic heterocycles. The third-order valence-electron chi connectivity index (χ3n) is 6.03. The predicted molar refractivity (Wildman–Crippen MR) is 122 cm³/mol. The van der Waals surface area contributed by atoms with Crippen LogP contribution in [0.15, 0.2) is 41.5 Å². The molecule has 0 bridgehead atoms. The number of hydrogen-bond acceptors (Lipinski definition) is 8. The number of aryl methyl sites for hydroxylation is 2. The molecular formula is C24H28N4O5. The molecule has 2 aliphatic rings. The molecule has 4 heterocycles. The molecule has 1 fully saturated rings. The SMILES string of the molecule is COc1ccc2ncc(=O)n(CCC3OCC(NCc4cc5c(cn4)OCCC5)CO3)c2c1. The molecule has 33 heavy (non-hydrogen) atoms. The van der Waals surface area contributed by atoms with E-state index in [0.29, 0.717) is 38.5 Å². The standard InChI is InChI=1S/C24H28N4O5/c1-30-19-4-5-20-21(10-19)28(23(29)13-27-20)7-6-24-32-14-18(15-33-24)25-11-17-9-16-3-2-8-31-22(16)12-26-17/h4-5,9-10,12-13,18,24-25H,2-3,6-8,11,14-15H2,1H3. The summed E-state index contributed by atoms with van der Waals surface area (Å²) >= 11 is 0. The lowest BCUT2D eigenvalue weighted by Crippen LogP contribution is -2.44.